The first-order valence-electron chi connectivity index (χ1n) is 6.18. The summed E-state index contributed by atoms with van der Waals surface area (Å²) in [5.74, 6) is 0. The molecule has 0 amide bonds. The first-order chi connectivity index (χ1) is 7.95. The molecule has 1 unspecified atom stereocenters. The Kier molecular flexibility index (Phi) is 3.98. The summed E-state index contributed by atoms with van der Waals surface area (Å²) >= 11 is 5.47. The molecule has 96 valence electrons. The third kappa shape index (κ3) is 2.60. The van der Waals surface area contributed by atoms with E-state index in [0.29, 0.717) is 12.6 Å². The second-order valence-electron chi connectivity index (χ2n) is 5.41. The summed E-state index contributed by atoms with van der Waals surface area (Å²) in [7, 11) is 0. The normalized spacial score (nSPS) is 21.9. The fraction of sp³-hybridized carbons (Fsp3) is 0.692. The fourth-order valence-electron chi connectivity index (χ4n) is 2.75. The standard InChI is InChI=1S/C13H21BrN2S/c1-9-10(14)7-12(17-9)11(8-15)16-6-4-5-13(16,2)3/h7,11H,4-6,8,15H2,1-3H3. The average Bonchev–Trinajstić information content (AvgIpc) is 2.74. The van der Waals surface area contributed by atoms with Crippen LogP contribution in [0.25, 0.3) is 0 Å². The van der Waals surface area contributed by atoms with E-state index in [4.69, 9.17) is 5.73 Å². The number of likely N-dealkylation sites (tertiary alicyclic amines) is 1. The second-order valence-corrected chi connectivity index (χ2v) is 7.56. The van der Waals surface area contributed by atoms with Gasteiger partial charge in [0.2, 0.25) is 0 Å². The maximum absolute atomic E-state index is 6.01. The Morgan fingerprint density at radius 2 is 2.29 bits per heavy atom. The van der Waals surface area contributed by atoms with Crippen LogP contribution in [0.2, 0.25) is 0 Å². The van der Waals surface area contributed by atoms with Gasteiger partial charge in [-0.3, -0.25) is 4.90 Å². The van der Waals surface area contributed by atoms with Crippen molar-refractivity contribution in [2.24, 2.45) is 5.73 Å². The molecule has 0 saturated carbocycles. The van der Waals surface area contributed by atoms with Crippen molar-refractivity contribution in [2.75, 3.05) is 13.1 Å². The Morgan fingerprint density at radius 3 is 2.71 bits per heavy atom. The van der Waals surface area contributed by atoms with Crippen molar-refractivity contribution in [3.8, 4) is 0 Å². The number of halogens is 1. The number of hydrogen-bond donors (Lipinski definition) is 1. The van der Waals surface area contributed by atoms with Gasteiger partial charge < -0.3 is 5.73 Å². The van der Waals surface area contributed by atoms with Crippen molar-refractivity contribution in [1.29, 1.82) is 0 Å². The van der Waals surface area contributed by atoms with Crippen LogP contribution in [0.15, 0.2) is 10.5 Å². The number of nitrogens with two attached hydrogens (primary N) is 1. The van der Waals surface area contributed by atoms with E-state index in [1.165, 1.54) is 33.6 Å². The number of thiophene rings is 1. The molecule has 1 atom stereocenters. The topological polar surface area (TPSA) is 29.3 Å². The quantitative estimate of drug-likeness (QED) is 0.921. The lowest BCUT2D eigenvalue weighted by molar-refractivity contribution is 0.121. The summed E-state index contributed by atoms with van der Waals surface area (Å²) in [5.41, 5.74) is 6.30. The molecule has 0 bridgehead atoms. The lowest BCUT2D eigenvalue weighted by Gasteiger charge is -2.37. The van der Waals surface area contributed by atoms with E-state index in [2.05, 4.69) is 47.7 Å². The number of hydrogen-bond acceptors (Lipinski definition) is 3. The molecule has 0 spiro atoms. The van der Waals surface area contributed by atoms with Crippen molar-refractivity contribution >= 4 is 27.3 Å². The van der Waals surface area contributed by atoms with Crippen LogP contribution in [0, 0.1) is 6.92 Å². The molecule has 17 heavy (non-hydrogen) atoms. The summed E-state index contributed by atoms with van der Waals surface area (Å²) in [5, 5.41) is 0. The molecular formula is C13H21BrN2S. The van der Waals surface area contributed by atoms with E-state index in [0.717, 1.165) is 0 Å². The monoisotopic (exact) mass is 316 g/mol. The summed E-state index contributed by atoms with van der Waals surface area (Å²) in [6, 6.07) is 2.62. The highest BCUT2D eigenvalue weighted by Crippen LogP contribution is 2.39. The Labute approximate surface area is 116 Å². The molecule has 1 aliphatic rings. The second kappa shape index (κ2) is 5.00. The van der Waals surface area contributed by atoms with Gasteiger partial charge in [0.25, 0.3) is 0 Å². The fourth-order valence-corrected chi connectivity index (χ4v) is 4.44. The van der Waals surface area contributed by atoms with Gasteiger partial charge >= 0.3 is 0 Å². The zero-order valence-corrected chi connectivity index (χ0v) is 13.2. The van der Waals surface area contributed by atoms with Crippen LogP contribution in [0.3, 0.4) is 0 Å². The van der Waals surface area contributed by atoms with Gasteiger partial charge in [0.15, 0.2) is 0 Å². The van der Waals surface area contributed by atoms with Gasteiger partial charge in [-0.2, -0.15) is 0 Å². The summed E-state index contributed by atoms with van der Waals surface area (Å²) < 4.78 is 1.22. The van der Waals surface area contributed by atoms with Gasteiger partial charge in [0.05, 0.1) is 6.04 Å². The highest BCUT2D eigenvalue weighted by molar-refractivity contribution is 9.10. The number of aryl methyl sites for hydroxylation is 1. The van der Waals surface area contributed by atoms with E-state index in [1.807, 2.05) is 11.3 Å². The molecule has 0 radical (unpaired) electrons. The van der Waals surface area contributed by atoms with Crippen LogP contribution >= 0.6 is 27.3 Å². The lowest BCUT2D eigenvalue weighted by atomic mass is 10.00. The molecular weight excluding hydrogens is 296 g/mol. The number of nitrogens with zero attached hydrogens (tertiary/aromatic N) is 1. The predicted octanol–water partition coefficient (Wildman–Crippen LogP) is 3.69. The van der Waals surface area contributed by atoms with E-state index in [9.17, 15) is 0 Å². The van der Waals surface area contributed by atoms with Crippen LogP contribution in [-0.2, 0) is 0 Å². The lowest BCUT2D eigenvalue weighted by Crippen LogP contribution is -2.43. The minimum absolute atomic E-state index is 0.286. The van der Waals surface area contributed by atoms with Gasteiger partial charge in [-0.05, 0) is 62.2 Å². The number of rotatable bonds is 3. The molecule has 1 aromatic rings. The van der Waals surface area contributed by atoms with Crippen molar-refractivity contribution in [3.05, 3.63) is 20.3 Å². The van der Waals surface area contributed by atoms with Crippen LogP contribution in [0.5, 0.6) is 0 Å². The first-order valence-corrected chi connectivity index (χ1v) is 7.79. The van der Waals surface area contributed by atoms with Crippen LogP contribution < -0.4 is 5.73 Å². The molecule has 2 heterocycles. The highest BCUT2D eigenvalue weighted by atomic mass is 79.9. The molecule has 1 aliphatic heterocycles. The molecule has 0 aliphatic carbocycles. The van der Waals surface area contributed by atoms with E-state index >= 15 is 0 Å². The Bertz CT molecular complexity index is 381. The van der Waals surface area contributed by atoms with Crippen LogP contribution in [-0.4, -0.2) is 23.5 Å². The molecule has 0 aromatic carbocycles. The largest absolute Gasteiger partial charge is 0.329 e. The summed E-state index contributed by atoms with van der Waals surface area (Å²) in [6.45, 7) is 8.69. The Balaban J connectivity index is 2.27. The van der Waals surface area contributed by atoms with Gasteiger partial charge in [0.1, 0.15) is 0 Å². The van der Waals surface area contributed by atoms with Gasteiger partial charge in [-0.15, -0.1) is 11.3 Å². The van der Waals surface area contributed by atoms with Crippen molar-refractivity contribution < 1.29 is 0 Å². The summed E-state index contributed by atoms with van der Waals surface area (Å²) in [6.07, 6.45) is 2.56. The van der Waals surface area contributed by atoms with E-state index in [-0.39, 0.29) is 5.54 Å². The molecule has 2 rings (SSSR count). The molecule has 1 fully saturated rings. The van der Waals surface area contributed by atoms with E-state index < -0.39 is 0 Å². The van der Waals surface area contributed by atoms with Gasteiger partial charge in [-0.25, -0.2) is 0 Å². The zero-order valence-electron chi connectivity index (χ0n) is 10.8. The highest BCUT2D eigenvalue weighted by Gasteiger charge is 2.37. The average molecular weight is 317 g/mol. The van der Waals surface area contributed by atoms with E-state index in [1.54, 1.807) is 0 Å². The van der Waals surface area contributed by atoms with Crippen molar-refractivity contribution in [2.45, 2.75) is 45.2 Å². The molecule has 2 nitrogen and oxygen atoms in total. The third-order valence-corrected chi connectivity index (χ3v) is 6.01. The predicted molar refractivity (Wildman–Crippen MR) is 78.6 cm³/mol. The minimum Gasteiger partial charge on any atom is -0.329 e. The van der Waals surface area contributed by atoms with Crippen molar-refractivity contribution in [1.82, 2.24) is 4.90 Å². The SMILES string of the molecule is Cc1sc(C(CN)N2CCCC2(C)C)cc1Br. The maximum Gasteiger partial charge on any atom is 0.0569 e. The summed E-state index contributed by atoms with van der Waals surface area (Å²) in [4.78, 5) is 5.31. The van der Waals surface area contributed by atoms with Gasteiger partial charge in [-0.1, -0.05) is 0 Å². The Hall–Kier alpha value is 0.100. The Morgan fingerprint density at radius 1 is 1.59 bits per heavy atom. The van der Waals surface area contributed by atoms with Crippen LogP contribution in [0.4, 0.5) is 0 Å². The first kappa shape index (κ1) is 13.5. The third-order valence-electron chi connectivity index (χ3n) is 3.77. The smallest absolute Gasteiger partial charge is 0.0569 e. The minimum atomic E-state index is 0.286. The maximum atomic E-state index is 6.01. The zero-order chi connectivity index (χ0) is 12.6. The van der Waals surface area contributed by atoms with Crippen LogP contribution in [0.1, 0.15) is 42.5 Å². The molecule has 2 N–H and O–H groups in total. The van der Waals surface area contributed by atoms with Crippen molar-refractivity contribution in [3.63, 3.8) is 0 Å². The molecule has 4 heteroatoms. The molecule has 1 aromatic heterocycles. The molecule has 1 saturated heterocycles. The van der Waals surface area contributed by atoms with Gasteiger partial charge in [0, 0.05) is 26.3 Å².